The van der Waals surface area contributed by atoms with E-state index >= 15 is 0 Å². The summed E-state index contributed by atoms with van der Waals surface area (Å²) < 4.78 is 0. The lowest BCUT2D eigenvalue weighted by Crippen LogP contribution is -2.29. The molecule has 0 aliphatic carbocycles. The Labute approximate surface area is 110 Å². The van der Waals surface area contributed by atoms with Crippen LogP contribution in [0.4, 0.5) is 11.6 Å². The van der Waals surface area contributed by atoms with Crippen LogP contribution < -0.4 is 10.2 Å². The smallest absolute Gasteiger partial charge is 0.130 e. The first-order chi connectivity index (χ1) is 8.79. The summed E-state index contributed by atoms with van der Waals surface area (Å²) in [7, 11) is 2.19. The van der Waals surface area contributed by atoms with E-state index in [1.54, 1.807) is 0 Å². The van der Waals surface area contributed by atoms with Crippen molar-refractivity contribution in [1.29, 1.82) is 0 Å². The summed E-state index contributed by atoms with van der Waals surface area (Å²) in [6.07, 6.45) is 2.34. The van der Waals surface area contributed by atoms with Crippen LogP contribution in [0.15, 0.2) is 18.2 Å². The van der Waals surface area contributed by atoms with Gasteiger partial charge in [0.2, 0.25) is 0 Å². The highest BCUT2D eigenvalue weighted by Crippen LogP contribution is 2.16. The molecule has 2 heterocycles. The lowest BCUT2D eigenvalue weighted by atomic mass is 10.3. The van der Waals surface area contributed by atoms with E-state index < -0.39 is 0 Å². The third-order valence-corrected chi connectivity index (χ3v) is 3.33. The average Bonchev–Trinajstić information content (AvgIpc) is 2.61. The number of rotatable bonds is 4. The molecule has 1 aromatic rings. The SMILES string of the molecule is CCCNc1cccc(N2CCCN(C)CC2)n1. The van der Waals surface area contributed by atoms with Crippen LogP contribution >= 0.6 is 0 Å². The molecule has 0 amide bonds. The van der Waals surface area contributed by atoms with Crippen molar-refractivity contribution in [1.82, 2.24) is 9.88 Å². The predicted octanol–water partition coefficient (Wildman–Crippen LogP) is 2.05. The van der Waals surface area contributed by atoms with Gasteiger partial charge in [-0.2, -0.15) is 0 Å². The van der Waals surface area contributed by atoms with Crippen LogP contribution in [0.2, 0.25) is 0 Å². The van der Waals surface area contributed by atoms with Gasteiger partial charge in [-0.1, -0.05) is 13.0 Å². The van der Waals surface area contributed by atoms with Crippen molar-refractivity contribution in [2.75, 3.05) is 50.0 Å². The summed E-state index contributed by atoms with van der Waals surface area (Å²) in [5, 5.41) is 3.35. The van der Waals surface area contributed by atoms with Gasteiger partial charge in [0.25, 0.3) is 0 Å². The summed E-state index contributed by atoms with van der Waals surface area (Å²) in [5.41, 5.74) is 0. The molecule has 4 heteroatoms. The van der Waals surface area contributed by atoms with E-state index in [9.17, 15) is 0 Å². The number of pyridine rings is 1. The minimum Gasteiger partial charge on any atom is -0.370 e. The van der Waals surface area contributed by atoms with E-state index in [1.807, 2.05) is 6.07 Å². The zero-order valence-corrected chi connectivity index (χ0v) is 11.5. The highest BCUT2D eigenvalue weighted by atomic mass is 15.2. The van der Waals surface area contributed by atoms with Gasteiger partial charge in [0, 0.05) is 26.2 Å². The topological polar surface area (TPSA) is 31.4 Å². The highest BCUT2D eigenvalue weighted by molar-refractivity contribution is 5.47. The van der Waals surface area contributed by atoms with Crippen molar-refractivity contribution < 1.29 is 0 Å². The maximum Gasteiger partial charge on any atom is 0.130 e. The molecule has 1 aromatic heterocycles. The standard InChI is InChI=1S/C14H24N4/c1-3-8-15-13-6-4-7-14(16-13)18-10-5-9-17(2)11-12-18/h4,6-7H,3,5,8-12H2,1-2H3,(H,15,16). The van der Waals surface area contributed by atoms with Crippen LogP contribution in [0.5, 0.6) is 0 Å². The number of aromatic nitrogens is 1. The largest absolute Gasteiger partial charge is 0.370 e. The van der Waals surface area contributed by atoms with Crippen molar-refractivity contribution in [3.05, 3.63) is 18.2 Å². The second-order valence-electron chi connectivity index (χ2n) is 4.95. The van der Waals surface area contributed by atoms with E-state index in [4.69, 9.17) is 4.98 Å². The Hall–Kier alpha value is -1.29. The number of nitrogens with one attached hydrogen (secondary N) is 1. The molecular formula is C14H24N4. The van der Waals surface area contributed by atoms with Crippen LogP contribution in [-0.2, 0) is 0 Å². The van der Waals surface area contributed by atoms with E-state index in [0.717, 1.165) is 44.2 Å². The van der Waals surface area contributed by atoms with Crippen LogP contribution in [0.25, 0.3) is 0 Å². The molecule has 0 saturated carbocycles. The maximum atomic E-state index is 4.70. The summed E-state index contributed by atoms with van der Waals surface area (Å²) in [5.74, 6) is 2.10. The van der Waals surface area contributed by atoms with E-state index in [0.29, 0.717) is 0 Å². The monoisotopic (exact) mass is 248 g/mol. The Morgan fingerprint density at radius 3 is 2.94 bits per heavy atom. The molecule has 0 spiro atoms. The fourth-order valence-corrected chi connectivity index (χ4v) is 2.23. The van der Waals surface area contributed by atoms with Gasteiger partial charge in [-0.25, -0.2) is 4.98 Å². The fourth-order valence-electron chi connectivity index (χ4n) is 2.23. The van der Waals surface area contributed by atoms with Crippen LogP contribution in [0, 0.1) is 0 Å². The maximum absolute atomic E-state index is 4.70. The highest BCUT2D eigenvalue weighted by Gasteiger charge is 2.13. The first-order valence-corrected chi connectivity index (χ1v) is 6.94. The normalized spacial score (nSPS) is 17.6. The second-order valence-corrected chi connectivity index (χ2v) is 4.95. The summed E-state index contributed by atoms with van der Waals surface area (Å²) in [4.78, 5) is 9.47. The van der Waals surface area contributed by atoms with Crippen LogP contribution in [-0.4, -0.2) is 49.7 Å². The van der Waals surface area contributed by atoms with Gasteiger partial charge in [-0.3, -0.25) is 0 Å². The Bertz CT molecular complexity index is 367. The lowest BCUT2D eigenvalue weighted by molar-refractivity contribution is 0.360. The van der Waals surface area contributed by atoms with Gasteiger partial charge in [0.15, 0.2) is 0 Å². The first-order valence-electron chi connectivity index (χ1n) is 6.94. The Kier molecular flexibility index (Phi) is 4.81. The molecule has 1 aliphatic heterocycles. The first kappa shape index (κ1) is 13.1. The van der Waals surface area contributed by atoms with Gasteiger partial charge in [-0.15, -0.1) is 0 Å². The number of hydrogen-bond donors (Lipinski definition) is 1. The third kappa shape index (κ3) is 3.60. The van der Waals surface area contributed by atoms with Gasteiger partial charge < -0.3 is 15.1 Å². The average molecular weight is 248 g/mol. The zero-order chi connectivity index (χ0) is 12.8. The molecule has 4 nitrogen and oxygen atoms in total. The zero-order valence-electron chi connectivity index (χ0n) is 11.5. The van der Waals surface area contributed by atoms with Gasteiger partial charge >= 0.3 is 0 Å². The van der Waals surface area contributed by atoms with E-state index in [1.165, 1.54) is 13.0 Å². The molecule has 0 aromatic carbocycles. The number of anilines is 2. The molecule has 18 heavy (non-hydrogen) atoms. The van der Waals surface area contributed by atoms with E-state index in [-0.39, 0.29) is 0 Å². The molecule has 1 saturated heterocycles. The minimum absolute atomic E-state index is 0.985. The van der Waals surface area contributed by atoms with Crippen molar-refractivity contribution in [3.8, 4) is 0 Å². The Balaban J connectivity index is 2.02. The minimum atomic E-state index is 0.985. The molecular weight excluding hydrogens is 224 g/mol. The van der Waals surface area contributed by atoms with E-state index in [2.05, 4.69) is 41.2 Å². The number of nitrogens with zero attached hydrogens (tertiary/aromatic N) is 3. The van der Waals surface area contributed by atoms with Crippen molar-refractivity contribution >= 4 is 11.6 Å². The summed E-state index contributed by atoms with van der Waals surface area (Å²) in [6.45, 7) is 7.63. The molecule has 0 bridgehead atoms. The third-order valence-electron chi connectivity index (χ3n) is 3.33. The van der Waals surface area contributed by atoms with Gasteiger partial charge in [0.05, 0.1) is 0 Å². The molecule has 0 radical (unpaired) electrons. The number of hydrogen-bond acceptors (Lipinski definition) is 4. The molecule has 1 aliphatic rings. The Morgan fingerprint density at radius 1 is 1.22 bits per heavy atom. The quantitative estimate of drug-likeness (QED) is 0.883. The molecule has 2 rings (SSSR count). The number of likely N-dealkylation sites (N-methyl/N-ethyl adjacent to an activating group) is 1. The molecule has 0 unspecified atom stereocenters. The summed E-state index contributed by atoms with van der Waals surface area (Å²) in [6, 6.07) is 6.25. The summed E-state index contributed by atoms with van der Waals surface area (Å²) >= 11 is 0. The van der Waals surface area contributed by atoms with Crippen molar-refractivity contribution in [2.24, 2.45) is 0 Å². The van der Waals surface area contributed by atoms with Crippen molar-refractivity contribution in [3.63, 3.8) is 0 Å². The second kappa shape index (κ2) is 6.59. The molecule has 1 N–H and O–H groups in total. The van der Waals surface area contributed by atoms with Gasteiger partial charge in [0.1, 0.15) is 11.6 Å². The van der Waals surface area contributed by atoms with Crippen LogP contribution in [0.1, 0.15) is 19.8 Å². The van der Waals surface area contributed by atoms with Crippen molar-refractivity contribution in [2.45, 2.75) is 19.8 Å². The van der Waals surface area contributed by atoms with Gasteiger partial charge in [-0.05, 0) is 38.6 Å². The van der Waals surface area contributed by atoms with Crippen LogP contribution in [0.3, 0.4) is 0 Å². The molecule has 0 atom stereocenters. The molecule has 1 fully saturated rings. The predicted molar refractivity (Wildman–Crippen MR) is 77.3 cm³/mol. The molecule has 100 valence electrons. The fraction of sp³-hybridized carbons (Fsp3) is 0.643. The lowest BCUT2D eigenvalue weighted by Gasteiger charge is -2.22. The Morgan fingerprint density at radius 2 is 2.11 bits per heavy atom.